The number of hydrogen-bond donors (Lipinski definition) is 0. The van der Waals surface area contributed by atoms with Gasteiger partial charge in [0.25, 0.3) is 0 Å². The largest absolute Gasteiger partial charge is 0.476 e. The summed E-state index contributed by atoms with van der Waals surface area (Å²) in [7, 11) is 2.14. The molecule has 0 spiro atoms. The first-order valence-electron chi connectivity index (χ1n) is 6.60. The number of aromatic nitrogens is 2. The third kappa shape index (κ3) is 3.12. The molecule has 2 aliphatic rings. The van der Waals surface area contributed by atoms with E-state index in [-0.39, 0.29) is 0 Å². The van der Waals surface area contributed by atoms with Crippen LogP contribution in [0.3, 0.4) is 0 Å². The maximum absolute atomic E-state index is 5.98. The fourth-order valence-electron chi connectivity index (χ4n) is 2.00. The summed E-state index contributed by atoms with van der Waals surface area (Å²) in [5.41, 5.74) is 0. The zero-order valence-corrected chi connectivity index (χ0v) is 11.4. The van der Waals surface area contributed by atoms with Gasteiger partial charge in [-0.05, 0) is 32.7 Å². The molecule has 0 aliphatic heterocycles. The van der Waals surface area contributed by atoms with E-state index < -0.39 is 0 Å². The van der Waals surface area contributed by atoms with Gasteiger partial charge >= 0.3 is 0 Å². The van der Waals surface area contributed by atoms with Crippen molar-refractivity contribution in [1.29, 1.82) is 0 Å². The minimum absolute atomic E-state index is 0.484. The Bertz CT molecular complexity index is 432. The van der Waals surface area contributed by atoms with Crippen LogP contribution in [0, 0.1) is 0 Å². The molecule has 0 atom stereocenters. The predicted octanol–water partition coefficient (Wildman–Crippen LogP) is 2.48. The van der Waals surface area contributed by atoms with Gasteiger partial charge in [0.05, 0.1) is 0 Å². The molecular formula is C13H18ClN3O. The molecule has 3 rings (SSSR count). The van der Waals surface area contributed by atoms with Crippen molar-refractivity contribution in [2.24, 2.45) is 0 Å². The van der Waals surface area contributed by atoms with Crippen molar-refractivity contribution < 1.29 is 4.74 Å². The Hall–Kier alpha value is -0.870. The molecule has 2 aliphatic carbocycles. The highest BCUT2D eigenvalue weighted by atomic mass is 35.5. The second-order valence-corrected chi connectivity index (χ2v) is 5.61. The smallest absolute Gasteiger partial charge is 0.218 e. The molecule has 0 N–H and O–H groups in total. The van der Waals surface area contributed by atoms with Crippen molar-refractivity contribution in [2.75, 3.05) is 20.2 Å². The van der Waals surface area contributed by atoms with E-state index in [4.69, 9.17) is 16.3 Å². The summed E-state index contributed by atoms with van der Waals surface area (Å²) in [5, 5.41) is 0.484. The van der Waals surface area contributed by atoms with Crippen molar-refractivity contribution in [1.82, 2.24) is 14.9 Å². The fraction of sp³-hybridized carbons (Fsp3) is 0.692. The van der Waals surface area contributed by atoms with Gasteiger partial charge in [0, 0.05) is 24.6 Å². The quantitative estimate of drug-likeness (QED) is 0.743. The zero-order chi connectivity index (χ0) is 12.5. The average molecular weight is 268 g/mol. The molecule has 0 amide bonds. The second-order valence-electron chi connectivity index (χ2n) is 5.22. The van der Waals surface area contributed by atoms with Crippen LogP contribution < -0.4 is 4.74 Å². The SMILES string of the molecule is CN(CCOc1cc(Cl)nc(C2CC2)n1)C1CC1. The molecule has 1 aromatic heterocycles. The third-order valence-electron chi connectivity index (χ3n) is 3.50. The first kappa shape index (κ1) is 12.2. The lowest BCUT2D eigenvalue weighted by atomic mass is 10.4. The Morgan fingerprint density at radius 3 is 2.78 bits per heavy atom. The van der Waals surface area contributed by atoms with Crippen LogP contribution in [0.5, 0.6) is 5.88 Å². The molecule has 2 fully saturated rings. The third-order valence-corrected chi connectivity index (χ3v) is 3.69. The Labute approximate surface area is 112 Å². The van der Waals surface area contributed by atoms with Gasteiger partial charge in [-0.25, -0.2) is 4.98 Å². The van der Waals surface area contributed by atoms with Gasteiger partial charge in [-0.15, -0.1) is 0 Å². The van der Waals surface area contributed by atoms with E-state index >= 15 is 0 Å². The van der Waals surface area contributed by atoms with Crippen LogP contribution in [0.15, 0.2) is 6.07 Å². The van der Waals surface area contributed by atoms with Gasteiger partial charge in [-0.3, -0.25) is 0 Å². The van der Waals surface area contributed by atoms with Crippen molar-refractivity contribution in [2.45, 2.75) is 37.6 Å². The highest BCUT2D eigenvalue weighted by Crippen LogP contribution is 2.39. The van der Waals surface area contributed by atoms with E-state index in [0.29, 0.717) is 23.6 Å². The Morgan fingerprint density at radius 2 is 2.11 bits per heavy atom. The fourth-order valence-corrected chi connectivity index (χ4v) is 2.18. The normalized spacial score (nSPS) is 19.3. The minimum Gasteiger partial charge on any atom is -0.476 e. The highest BCUT2D eigenvalue weighted by molar-refractivity contribution is 6.29. The van der Waals surface area contributed by atoms with Crippen LogP contribution in [0.4, 0.5) is 0 Å². The molecule has 0 aromatic carbocycles. The van der Waals surface area contributed by atoms with Crippen LogP contribution in [0.2, 0.25) is 5.15 Å². The summed E-state index contributed by atoms with van der Waals surface area (Å²) in [5.74, 6) is 1.95. The molecule has 0 bridgehead atoms. The van der Waals surface area contributed by atoms with Crippen LogP contribution in [-0.2, 0) is 0 Å². The Kier molecular flexibility index (Phi) is 3.39. The molecule has 2 saturated carbocycles. The van der Waals surface area contributed by atoms with Gasteiger partial charge in [0.15, 0.2) is 0 Å². The van der Waals surface area contributed by atoms with Crippen LogP contribution in [0.25, 0.3) is 0 Å². The first-order valence-corrected chi connectivity index (χ1v) is 6.97. The lowest BCUT2D eigenvalue weighted by molar-refractivity contribution is 0.226. The molecular weight excluding hydrogens is 250 g/mol. The number of nitrogens with zero attached hydrogens (tertiary/aromatic N) is 3. The molecule has 1 heterocycles. The number of halogens is 1. The summed E-state index contributed by atoms with van der Waals surface area (Å²) < 4.78 is 5.68. The van der Waals surface area contributed by atoms with E-state index in [2.05, 4.69) is 21.9 Å². The predicted molar refractivity (Wildman–Crippen MR) is 70.2 cm³/mol. The van der Waals surface area contributed by atoms with Gasteiger partial charge in [0.2, 0.25) is 5.88 Å². The summed E-state index contributed by atoms with van der Waals surface area (Å²) in [4.78, 5) is 11.0. The number of likely N-dealkylation sites (N-methyl/N-ethyl adjacent to an activating group) is 1. The molecule has 0 radical (unpaired) electrons. The van der Waals surface area contributed by atoms with E-state index in [1.54, 1.807) is 6.07 Å². The second kappa shape index (κ2) is 5.02. The zero-order valence-electron chi connectivity index (χ0n) is 10.6. The molecule has 18 heavy (non-hydrogen) atoms. The van der Waals surface area contributed by atoms with Gasteiger partial charge < -0.3 is 9.64 Å². The van der Waals surface area contributed by atoms with Gasteiger partial charge in [-0.1, -0.05) is 11.6 Å². The van der Waals surface area contributed by atoms with E-state index in [9.17, 15) is 0 Å². The summed E-state index contributed by atoms with van der Waals surface area (Å²) >= 11 is 5.98. The first-order chi connectivity index (χ1) is 8.72. The number of rotatable bonds is 6. The van der Waals surface area contributed by atoms with Crippen LogP contribution in [-0.4, -0.2) is 41.1 Å². The van der Waals surface area contributed by atoms with E-state index in [0.717, 1.165) is 18.4 Å². The summed E-state index contributed by atoms with van der Waals surface area (Å²) in [6.07, 6.45) is 4.98. The minimum atomic E-state index is 0.484. The molecule has 4 nitrogen and oxygen atoms in total. The molecule has 0 unspecified atom stereocenters. The molecule has 5 heteroatoms. The van der Waals surface area contributed by atoms with Crippen molar-refractivity contribution in [3.8, 4) is 5.88 Å². The van der Waals surface area contributed by atoms with E-state index in [1.807, 2.05) is 0 Å². The topological polar surface area (TPSA) is 38.2 Å². The van der Waals surface area contributed by atoms with Crippen molar-refractivity contribution in [3.63, 3.8) is 0 Å². The number of ether oxygens (including phenoxy) is 1. The van der Waals surface area contributed by atoms with Crippen LogP contribution >= 0.6 is 11.6 Å². The molecule has 0 saturated heterocycles. The van der Waals surface area contributed by atoms with E-state index in [1.165, 1.54) is 25.7 Å². The monoisotopic (exact) mass is 267 g/mol. The average Bonchev–Trinajstić information content (AvgIpc) is 3.17. The number of hydrogen-bond acceptors (Lipinski definition) is 4. The Morgan fingerprint density at radius 1 is 1.33 bits per heavy atom. The van der Waals surface area contributed by atoms with Crippen molar-refractivity contribution in [3.05, 3.63) is 17.0 Å². The molecule has 1 aromatic rings. The maximum Gasteiger partial charge on any atom is 0.218 e. The molecule has 98 valence electrons. The summed E-state index contributed by atoms with van der Waals surface area (Å²) in [6, 6.07) is 2.47. The van der Waals surface area contributed by atoms with Gasteiger partial charge in [-0.2, -0.15) is 4.98 Å². The highest BCUT2D eigenvalue weighted by Gasteiger charge is 2.28. The lowest BCUT2D eigenvalue weighted by Crippen LogP contribution is -2.26. The lowest BCUT2D eigenvalue weighted by Gasteiger charge is -2.15. The maximum atomic E-state index is 5.98. The van der Waals surface area contributed by atoms with Gasteiger partial charge in [0.1, 0.15) is 17.6 Å². The Balaban J connectivity index is 1.54. The van der Waals surface area contributed by atoms with Crippen molar-refractivity contribution >= 4 is 11.6 Å². The summed E-state index contributed by atoms with van der Waals surface area (Å²) in [6.45, 7) is 1.59. The van der Waals surface area contributed by atoms with Crippen LogP contribution in [0.1, 0.15) is 37.4 Å². The standard InChI is InChI=1S/C13H18ClN3O/c1-17(10-4-5-10)6-7-18-12-8-11(14)15-13(16-12)9-2-3-9/h8-10H,2-7H2,1H3.